The molecule has 0 atom stereocenters. The van der Waals surface area contributed by atoms with Crippen LogP contribution in [0.1, 0.15) is 38.2 Å². The van der Waals surface area contributed by atoms with E-state index in [0.717, 1.165) is 25.7 Å². The molecule has 1 aromatic rings. The Hall–Kier alpha value is -1.71. The molecular formula is C14H17NO3. The van der Waals surface area contributed by atoms with Crippen molar-refractivity contribution in [3.63, 3.8) is 0 Å². The molecule has 0 aromatic heterocycles. The Morgan fingerprint density at radius 3 is 2.56 bits per heavy atom. The summed E-state index contributed by atoms with van der Waals surface area (Å²) < 4.78 is 0. The predicted octanol–water partition coefficient (Wildman–Crippen LogP) is 3.29. The number of hydrogen-bond donors (Lipinski definition) is 0. The molecule has 0 N–H and O–H groups in total. The van der Waals surface area contributed by atoms with Crippen LogP contribution in [0.3, 0.4) is 0 Å². The summed E-state index contributed by atoms with van der Waals surface area (Å²) >= 11 is 0. The number of carbonyl (C=O) groups is 1. The molecule has 96 valence electrons. The lowest BCUT2D eigenvalue weighted by Gasteiger charge is -2.21. The van der Waals surface area contributed by atoms with Gasteiger partial charge in [0.05, 0.1) is 4.92 Å². The Kier molecular flexibility index (Phi) is 3.45. The predicted molar refractivity (Wildman–Crippen MR) is 68.4 cm³/mol. The van der Waals surface area contributed by atoms with Crippen LogP contribution < -0.4 is 0 Å². The summed E-state index contributed by atoms with van der Waals surface area (Å²) in [5.74, 6) is 0.134. The van der Waals surface area contributed by atoms with E-state index in [1.165, 1.54) is 6.07 Å². The van der Waals surface area contributed by atoms with Crippen LogP contribution in [0.4, 0.5) is 5.69 Å². The van der Waals surface area contributed by atoms with E-state index in [-0.39, 0.29) is 23.3 Å². The summed E-state index contributed by atoms with van der Waals surface area (Å²) in [6.45, 7) is 1.98. The lowest BCUT2D eigenvalue weighted by molar-refractivity contribution is -0.385. The van der Waals surface area contributed by atoms with Crippen molar-refractivity contribution in [1.29, 1.82) is 0 Å². The van der Waals surface area contributed by atoms with Gasteiger partial charge >= 0.3 is 0 Å². The van der Waals surface area contributed by atoms with Gasteiger partial charge in [0, 0.05) is 23.5 Å². The second kappa shape index (κ2) is 4.88. The number of nitrogens with zero attached hydrogens (tertiary/aromatic N) is 1. The van der Waals surface area contributed by atoms with Gasteiger partial charge in [0.1, 0.15) is 5.78 Å². The Morgan fingerprint density at radius 1 is 1.33 bits per heavy atom. The van der Waals surface area contributed by atoms with Crippen LogP contribution in [0.25, 0.3) is 0 Å². The van der Waals surface area contributed by atoms with Crippen molar-refractivity contribution in [1.82, 2.24) is 0 Å². The first-order valence-corrected chi connectivity index (χ1v) is 6.28. The number of rotatable bonds is 4. The smallest absolute Gasteiger partial charge is 0.273 e. The molecule has 0 radical (unpaired) electrons. The van der Waals surface area contributed by atoms with Gasteiger partial charge in [-0.15, -0.1) is 0 Å². The maximum Gasteiger partial charge on any atom is 0.273 e. The molecule has 1 saturated carbocycles. The Morgan fingerprint density at radius 2 is 1.94 bits per heavy atom. The minimum Gasteiger partial charge on any atom is -0.299 e. The quantitative estimate of drug-likeness (QED) is 0.606. The Balaban J connectivity index is 2.19. The van der Waals surface area contributed by atoms with Gasteiger partial charge in [-0.3, -0.25) is 14.9 Å². The molecule has 0 spiro atoms. The molecular weight excluding hydrogens is 230 g/mol. The second-order valence-electron chi connectivity index (χ2n) is 5.25. The van der Waals surface area contributed by atoms with Gasteiger partial charge in [-0.2, -0.15) is 0 Å². The average molecular weight is 247 g/mol. The molecule has 0 heterocycles. The number of hydrogen-bond acceptors (Lipinski definition) is 3. The molecule has 18 heavy (non-hydrogen) atoms. The van der Waals surface area contributed by atoms with Crippen LogP contribution in [0.2, 0.25) is 0 Å². The first kappa shape index (κ1) is 12.7. The fourth-order valence-electron chi connectivity index (χ4n) is 2.66. The van der Waals surface area contributed by atoms with Crippen molar-refractivity contribution in [2.75, 3.05) is 0 Å². The minimum absolute atomic E-state index is 0.0486. The van der Waals surface area contributed by atoms with Crippen LogP contribution in [0.5, 0.6) is 0 Å². The highest BCUT2D eigenvalue weighted by Gasteiger charge is 2.36. The Labute approximate surface area is 106 Å². The SMILES string of the molecule is CC1(C(=O)Cc2ccccc2[N+](=O)[O-])CCCC1. The molecule has 2 rings (SSSR count). The van der Waals surface area contributed by atoms with Gasteiger partial charge in [0.15, 0.2) is 0 Å². The van der Waals surface area contributed by atoms with Crippen molar-refractivity contribution in [2.45, 2.75) is 39.0 Å². The fraction of sp³-hybridized carbons (Fsp3) is 0.500. The van der Waals surface area contributed by atoms with E-state index in [9.17, 15) is 14.9 Å². The van der Waals surface area contributed by atoms with Crippen molar-refractivity contribution < 1.29 is 9.72 Å². The van der Waals surface area contributed by atoms with E-state index < -0.39 is 4.92 Å². The third-order valence-electron chi connectivity index (χ3n) is 3.92. The number of benzene rings is 1. The van der Waals surface area contributed by atoms with E-state index in [1.54, 1.807) is 18.2 Å². The van der Waals surface area contributed by atoms with Gasteiger partial charge < -0.3 is 0 Å². The third kappa shape index (κ3) is 2.42. The lowest BCUT2D eigenvalue weighted by atomic mass is 9.81. The molecule has 1 aliphatic carbocycles. The zero-order valence-corrected chi connectivity index (χ0v) is 10.5. The largest absolute Gasteiger partial charge is 0.299 e. The number of nitro benzene ring substituents is 1. The van der Waals surface area contributed by atoms with Gasteiger partial charge in [-0.1, -0.05) is 38.0 Å². The number of nitro groups is 1. The van der Waals surface area contributed by atoms with Gasteiger partial charge in [0.25, 0.3) is 5.69 Å². The molecule has 0 saturated heterocycles. The molecule has 4 nitrogen and oxygen atoms in total. The zero-order valence-electron chi connectivity index (χ0n) is 10.5. The second-order valence-corrected chi connectivity index (χ2v) is 5.25. The molecule has 0 unspecified atom stereocenters. The van der Waals surface area contributed by atoms with E-state index in [4.69, 9.17) is 0 Å². The maximum absolute atomic E-state index is 12.3. The van der Waals surface area contributed by atoms with Gasteiger partial charge in [-0.25, -0.2) is 0 Å². The summed E-state index contributed by atoms with van der Waals surface area (Å²) in [6, 6.07) is 6.50. The van der Waals surface area contributed by atoms with E-state index in [0.29, 0.717) is 5.56 Å². The van der Waals surface area contributed by atoms with Crippen molar-refractivity contribution >= 4 is 11.5 Å². The van der Waals surface area contributed by atoms with Crippen LogP contribution in [-0.2, 0) is 11.2 Å². The van der Waals surface area contributed by atoms with E-state index in [2.05, 4.69) is 0 Å². The number of Topliss-reactive ketones (excluding diaryl/α,β-unsaturated/α-hetero) is 1. The van der Waals surface area contributed by atoms with Crippen LogP contribution in [-0.4, -0.2) is 10.7 Å². The first-order valence-electron chi connectivity index (χ1n) is 6.28. The number of para-hydroxylation sites is 1. The first-order chi connectivity index (χ1) is 8.53. The van der Waals surface area contributed by atoms with Crippen LogP contribution in [0, 0.1) is 15.5 Å². The topological polar surface area (TPSA) is 60.2 Å². The van der Waals surface area contributed by atoms with Crippen LogP contribution >= 0.6 is 0 Å². The highest BCUT2D eigenvalue weighted by atomic mass is 16.6. The van der Waals surface area contributed by atoms with Crippen molar-refractivity contribution in [3.05, 3.63) is 39.9 Å². The normalized spacial score (nSPS) is 17.6. The average Bonchev–Trinajstić information content (AvgIpc) is 2.78. The molecule has 1 aliphatic rings. The highest BCUT2D eigenvalue weighted by Crippen LogP contribution is 2.39. The van der Waals surface area contributed by atoms with Crippen molar-refractivity contribution in [3.8, 4) is 0 Å². The molecule has 0 amide bonds. The molecule has 0 bridgehead atoms. The summed E-state index contributed by atoms with van der Waals surface area (Å²) in [4.78, 5) is 22.8. The maximum atomic E-state index is 12.3. The summed E-state index contributed by atoms with van der Waals surface area (Å²) in [5, 5.41) is 10.9. The fourth-order valence-corrected chi connectivity index (χ4v) is 2.66. The molecule has 1 fully saturated rings. The molecule has 1 aromatic carbocycles. The highest BCUT2D eigenvalue weighted by molar-refractivity contribution is 5.87. The van der Waals surface area contributed by atoms with Crippen molar-refractivity contribution in [2.24, 2.45) is 5.41 Å². The van der Waals surface area contributed by atoms with Crippen LogP contribution in [0.15, 0.2) is 24.3 Å². The number of carbonyl (C=O) groups excluding carboxylic acids is 1. The molecule has 0 aliphatic heterocycles. The molecule has 4 heteroatoms. The lowest BCUT2D eigenvalue weighted by Crippen LogP contribution is -2.26. The zero-order chi connectivity index (χ0) is 13.2. The summed E-state index contributed by atoms with van der Waals surface area (Å²) in [5.41, 5.74) is 0.303. The number of ketones is 1. The Bertz CT molecular complexity index is 476. The van der Waals surface area contributed by atoms with Gasteiger partial charge in [-0.05, 0) is 12.8 Å². The standard InChI is InChI=1S/C14H17NO3/c1-14(8-4-5-9-14)13(16)10-11-6-2-3-7-12(11)15(17)18/h2-3,6-7H,4-5,8-10H2,1H3. The summed E-state index contributed by atoms with van der Waals surface area (Å²) in [6.07, 6.45) is 4.16. The van der Waals surface area contributed by atoms with Gasteiger partial charge in [0.2, 0.25) is 0 Å². The monoisotopic (exact) mass is 247 g/mol. The minimum atomic E-state index is -0.417. The van der Waals surface area contributed by atoms with E-state index in [1.807, 2.05) is 6.92 Å². The summed E-state index contributed by atoms with van der Waals surface area (Å²) in [7, 11) is 0. The third-order valence-corrected chi connectivity index (χ3v) is 3.92. The van der Waals surface area contributed by atoms with E-state index >= 15 is 0 Å².